The minimum absolute atomic E-state index is 0.0383. The summed E-state index contributed by atoms with van der Waals surface area (Å²) in [5.74, 6) is -1.15. The first-order valence-electron chi connectivity index (χ1n) is 10.2. The molecule has 2 aromatic rings. The van der Waals surface area contributed by atoms with E-state index in [0.29, 0.717) is 17.5 Å². The summed E-state index contributed by atoms with van der Waals surface area (Å²) in [6.07, 6.45) is -4.11. The summed E-state index contributed by atoms with van der Waals surface area (Å²) in [5.41, 5.74) is 1.31. The van der Waals surface area contributed by atoms with Gasteiger partial charge in [-0.3, -0.25) is 0 Å². The highest BCUT2D eigenvalue weighted by molar-refractivity contribution is 5.87. The van der Waals surface area contributed by atoms with Crippen molar-refractivity contribution in [2.24, 2.45) is 0 Å². The third kappa shape index (κ3) is 6.67. The lowest BCUT2D eigenvalue weighted by Gasteiger charge is -2.39. The zero-order chi connectivity index (χ0) is 24.0. The fraction of sp³-hybridized carbons (Fsp3) is 0.348. The fourth-order valence-electron chi connectivity index (χ4n) is 3.17. The molecule has 0 radical (unpaired) electrons. The Bertz CT molecular complexity index is 958. The molecule has 0 aliphatic carbocycles. The summed E-state index contributed by atoms with van der Waals surface area (Å²) in [5, 5.41) is 58.6. The number of benzene rings is 2. The molecule has 0 spiro atoms. The normalized spacial score (nSPS) is 25.2. The molecule has 1 heterocycles. The Morgan fingerprint density at radius 2 is 1.67 bits per heavy atom. The molecule has 2 aromatic carbocycles. The third-order valence-corrected chi connectivity index (χ3v) is 5.08. The Kier molecular flexibility index (Phi) is 8.26. The summed E-state index contributed by atoms with van der Waals surface area (Å²) in [4.78, 5) is 12.0. The van der Waals surface area contributed by atoms with E-state index < -0.39 is 43.3 Å². The number of hydrogen-bond acceptors (Lipinski definition) is 10. The molecular weight excluding hydrogens is 436 g/mol. The summed E-state index contributed by atoms with van der Waals surface area (Å²) in [6.45, 7) is -0.355. The van der Waals surface area contributed by atoms with Gasteiger partial charge in [0.1, 0.15) is 36.8 Å². The van der Waals surface area contributed by atoms with Crippen molar-refractivity contribution in [2.75, 3.05) is 13.2 Å². The van der Waals surface area contributed by atoms with Crippen molar-refractivity contribution in [3.63, 3.8) is 0 Å². The van der Waals surface area contributed by atoms with E-state index in [1.807, 2.05) is 0 Å². The van der Waals surface area contributed by atoms with Gasteiger partial charge in [0.15, 0.2) is 17.8 Å². The van der Waals surface area contributed by atoms with Crippen LogP contribution in [0.1, 0.15) is 11.1 Å². The minimum Gasteiger partial charge on any atom is -0.508 e. The van der Waals surface area contributed by atoms with E-state index in [2.05, 4.69) is 0 Å². The number of carbonyl (C=O) groups excluding carboxylic acids is 1. The van der Waals surface area contributed by atoms with Crippen LogP contribution < -0.4 is 0 Å². The van der Waals surface area contributed by atoms with Crippen molar-refractivity contribution in [1.29, 1.82) is 0 Å². The standard InChI is InChI=1S/C23H26O10/c24-15-5-1-13(2-6-15)4-8-19(27)32-12-18-20(28)21(29)22(30)23(33-18)31-10-9-14-3-7-16(25)17(26)11-14/h1-8,11,18,20-26,28-30H,9-10,12H2/b8-4+/t18-,20-,21+,22-,23-/m1/s1. The SMILES string of the molecule is O=C(/C=C/c1ccc(O)cc1)OC[C@H]1O[C@@H](OCCc2ccc(O)c(O)c2)[C@H](O)[C@@H](O)[C@@H]1O. The van der Waals surface area contributed by atoms with Gasteiger partial charge in [0.2, 0.25) is 0 Å². The van der Waals surface area contributed by atoms with Crippen LogP contribution in [0.4, 0.5) is 0 Å². The fourth-order valence-corrected chi connectivity index (χ4v) is 3.17. The Morgan fingerprint density at radius 3 is 2.36 bits per heavy atom. The number of aliphatic hydroxyl groups excluding tert-OH is 3. The summed E-state index contributed by atoms with van der Waals surface area (Å²) in [6, 6.07) is 10.4. The van der Waals surface area contributed by atoms with Crippen molar-refractivity contribution >= 4 is 12.0 Å². The molecule has 5 atom stereocenters. The first-order chi connectivity index (χ1) is 15.7. The lowest BCUT2D eigenvalue weighted by atomic mass is 9.99. The van der Waals surface area contributed by atoms with Gasteiger partial charge in [-0.25, -0.2) is 4.79 Å². The van der Waals surface area contributed by atoms with Gasteiger partial charge >= 0.3 is 5.97 Å². The van der Waals surface area contributed by atoms with Crippen LogP contribution in [-0.4, -0.2) is 80.5 Å². The van der Waals surface area contributed by atoms with Crippen LogP contribution in [0, 0.1) is 0 Å². The topological polar surface area (TPSA) is 166 Å². The molecule has 1 saturated heterocycles. The van der Waals surface area contributed by atoms with Gasteiger partial charge in [-0.1, -0.05) is 18.2 Å². The van der Waals surface area contributed by atoms with Crippen LogP contribution in [0.25, 0.3) is 6.08 Å². The summed E-state index contributed by atoms with van der Waals surface area (Å²) >= 11 is 0. The maximum Gasteiger partial charge on any atom is 0.330 e. The maximum atomic E-state index is 12.0. The van der Waals surface area contributed by atoms with E-state index in [-0.39, 0.29) is 23.9 Å². The minimum atomic E-state index is -1.59. The average Bonchev–Trinajstić information content (AvgIpc) is 2.80. The molecule has 0 amide bonds. The van der Waals surface area contributed by atoms with Crippen molar-refractivity contribution in [2.45, 2.75) is 37.1 Å². The Balaban J connectivity index is 1.50. The number of hydrogen-bond donors (Lipinski definition) is 6. The molecule has 178 valence electrons. The molecule has 3 rings (SSSR count). The van der Waals surface area contributed by atoms with E-state index in [4.69, 9.17) is 14.2 Å². The van der Waals surface area contributed by atoms with Crippen molar-refractivity contribution in [1.82, 2.24) is 0 Å². The Morgan fingerprint density at radius 1 is 0.939 bits per heavy atom. The first kappa shape index (κ1) is 24.5. The van der Waals surface area contributed by atoms with Gasteiger partial charge in [0.25, 0.3) is 0 Å². The van der Waals surface area contributed by atoms with Crippen molar-refractivity contribution < 1.29 is 49.6 Å². The summed E-state index contributed by atoms with van der Waals surface area (Å²) < 4.78 is 16.0. The van der Waals surface area contributed by atoms with Crippen LogP contribution in [0.3, 0.4) is 0 Å². The van der Waals surface area contributed by atoms with Gasteiger partial charge in [-0.2, -0.15) is 0 Å². The Labute approximate surface area is 189 Å². The molecule has 1 aliphatic rings. The van der Waals surface area contributed by atoms with E-state index in [0.717, 1.165) is 6.08 Å². The highest BCUT2D eigenvalue weighted by Gasteiger charge is 2.44. The van der Waals surface area contributed by atoms with Crippen LogP contribution in [0.2, 0.25) is 0 Å². The highest BCUT2D eigenvalue weighted by Crippen LogP contribution is 2.26. The monoisotopic (exact) mass is 462 g/mol. The van der Waals surface area contributed by atoms with Gasteiger partial charge < -0.3 is 44.8 Å². The molecule has 1 aliphatic heterocycles. The number of esters is 1. The summed E-state index contributed by atoms with van der Waals surface area (Å²) in [7, 11) is 0. The number of phenolic OH excluding ortho intramolecular Hbond substituents is 3. The molecule has 1 fully saturated rings. The van der Waals surface area contributed by atoms with Crippen LogP contribution in [0.5, 0.6) is 17.2 Å². The van der Waals surface area contributed by atoms with E-state index >= 15 is 0 Å². The number of aromatic hydroxyl groups is 3. The molecule has 0 saturated carbocycles. The van der Waals surface area contributed by atoms with Gasteiger partial charge in [-0.05, 0) is 47.9 Å². The van der Waals surface area contributed by atoms with Gasteiger partial charge in [-0.15, -0.1) is 0 Å². The second-order valence-corrected chi connectivity index (χ2v) is 7.51. The van der Waals surface area contributed by atoms with E-state index in [9.17, 15) is 35.4 Å². The molecule has 6 N–H and O–H groups in total. The number of aliphatic hydroxyl groups is 3. The quantitative estimate of drug-likeness (QED) is 0.184. The number of ether oxygens (including phenoxy) is 3. The van der Waals surface area contributed by atoms with Crippen LogP contribution in [-0.2, 0) is 25.4 Å². The molecule has 10 heteroatoms. The third-order valence-electron chi connectivity index (χ3n) is 5.08. The van der Waals surface area contributed by atoms with Gasteiger partial charge in [0.05, 0.1) is 6.61 Å². The zero-order valence-electron chi connectivity index (χ0n) is 17.5. The largest absolute Gasteiger partial charge is 0.508 e. The van der Waals surface area contributed by atoms with Crippen molar-refractivity contribution in [3.8, 4) is 17.2 Å². The lowest BCUT2D eigenvalue weighted by molar-refractivity contribution is -0.301. The molecule has 33 heavy (non-hydrogen) atoms. The predicted molar refractivity (Wildman–Crippen MR) is 114 cm³/mol. The first-order valence-corrected chi connectivity index (χ1v) is 10.2. The smallest absolute Gasteiger partial charge is 0.330 e. The maximum absolute atomic E-state index is 12.0. The number of rotatable bonds is 8. The Hall–Kier alpha value is -3.15. The molecule has 10 nitrogen and oxygen atoms in total. The van der Waals surface area contributed by atoms with Crippen LogP contribution >= 0.6 is 0 Å². The molecule has 0 unspecified atom stereocenters. The predicted octanol–water partition coefficient (Wildman–Crippen LogP) is 0.427. The second-order valence-electron chi connectivity index (χ2n) is 7.51. The molecule has 0 bridgehead atoms. The van der Waals surface area contributed by atoms with E-state index in [1.165, 1.54) is 30.3 Å². The lowest BCUT2D eigenvalue weighted by Crippen LogP contribution is -2.59. The number of phenols is 3. The zero-order valence-corrected chi connectivity index (χ0v) is 17.5. The molecule has 0 aromatic heterocycles. The van der Waals surface area contributed by atoms with E-state index in [1.54, 1.807) is 18.2 Å². The van der Waals surface area contributed by atoms with Crippen LogP contribution in [0.15, 0.2) is 48.5 Å². The van der Waals surface area contributed by atoms with Crippen molar-refractivity contribution in [3.05, 3.63) is 59.7 Å². The highest BCUT2D eigenvalue weighted by atomic mass is 16.7. The second kappa shape index (κ2) is 11.1. The van der Waals surface area contributed by atoms with Gasteiger partial charge in [0, 0.05) is 6.08 Å². The average molecular weight is 462 g/mol. The number of carbonyl (C=O) groups is 1. The molecular formula is C23H26O10.